The maximum atomic E-state index is 13.6. The summed E-state index contributed by atoms with van der Waals surface area (Å²) in [6.45, 7) is 9.13. The van der Waals surface area contributed by atoms with Crippen molar-refractivity contribution < 1.29 is 13.2 Å². The molecule has 0 saturated carbocycles. The molecule has 4 aromatic heterocycles. The van der Waals surface area contributed by atoms with Crippen LogP contribution in [0.25, 0.3) is 28.2 Å². The molecule has 39 heavy (non-hydrogen) atoms. The molecule has 13 heteroatoms. The van der Waals surface area contributed by atoms with Crippen molar-refractivity contribution in [2.45, 2.75) is 32.1 Å². The predicted octanol–water partition coefficient (Wildman–Crippen LogP) is 1.86. The summed E-state index contributed by atoms with van der Waals surface area (Å²) >= 11 is 0. The normalized spacial score (nSPS) is 15.2. The van der Waals surface area contributed by atoms with Gasteiger partial charge in [-0.2, -0.15) is 9.40 Å². The Kier molecular flexibility index (Phi) is 7.47. The van der Waals surface area contributed by atoms with Crippen LogP contribution in [0.2, 0.25) is 0 Å². The first kappa shape index (κ1) is 26.9. The van der Waals surface area contributed by atoms with Crippen LogP contribution in [0.1, 0.15) is 26.5 Å². The van der Waals surface area contributed by atoms with E-state index < -0.39 is 10.0 Å². The fraction of sp³-hybridized carbons (Fsp3) is 0.423. The topological polar surface area (TPSA) is 128 Å². The minimum Gasteiger partial charge on any atom is -0.477 e. The Morgan fingerprint density at radius 2 is 1.79 bits per heavy atom. The Labute approximate surface area is 226 Å². The van der Waals surface area contributed by atoms with Gasteiger partial charge in [0.15, 0.2) is 11.3 Å². The quantitative estimate of drug-likeness (QED) is 0.322. The van der Waals surface area contributed by atoms with Gasteiger partial charge < -0.3 is 9.64 Å². The van der Waals surface area contributed by atoms with Crippen molar-refractivity contribution in [3.63, 3.8) is 0 Å². The van der Waals surface area contributed by atoms with Gasteiger partial charge in [0.05, 0.1) is 24.1 Å². The van der Waals surface area contributed by atoms with Gasteiger partial charge in [0.1, 0.15) is 16.2 Å². The van der Waals surface area contributed by atoms with Gasteiger partial charge in [-0.25, -0.2) is 28.1 Å². The number of fused-ring (bicyclic) bond motifs is 1. The highest BCUT2D eigenvalue weighted by atomic mass is 32.2. The number of aromatic nitrogens is 6. The van der Waals surface area contributed by atoms with E-state index >= 15 is 0 Å². The molecule has 0 bridgehead atoms. The van der Waals surface area contributed by atoms with Crippen molar-refractivity contribution >= 4 is 21.1 Å². The number of ether oxygens (including phenoxy) is 1. The molecule has 0 N–H and O–H groups in total. The van der Waals surface area contributed by atoms with E-state index in [1.54, 1.807) is 24.0 Å². The standard InChI is InChI=1S/C26H32N8O4S/c1-5-20-22-23(30-34(20)21-10-8-9-11-27-21)26(35)31(4)24(29-22)19-16-18(17-28-25(19)38-7-3)39(36,37)33-14-12-32(6-2)13-15-33/h8-11,16-17H,5-7,12-15H2,1-4H3. The lowest BCUT2D eigenvalue weighted by Gasteiger charge is -2.33. The number of rotatable bonds is 8. The molecule has 1 aliphatic heterocycles. The van der Waals surface area contributed by atoms with Gasteiger partial charge >= 0.3 is 0 Å². The molecule has 0 radical (unpaired) electrons. The zero-order chi connectivity index (χ0) is 27.7. The van der Waals surface area contributed by atoms with Crippen molar-refractivity contribution in [2.75, 3.05) is 39.3 Å². The Morgan fingerprint density at radius 3 is 2.44 bits per heavy atom. The van der Waals surface area contributed by atoms with E-state index in [2.05, 4.69) is 26.9 Å². The predicted molar refractivity (Wildman–Crippen MR) is 147 cm³/mol. The third-order valence-electron chi connectivity index (χ3n) is 6.96. The average Bonchev–Trinajstić information content (AvgIpc) is 3.34. The third kappa shape index (κ3) is 4.81. The number of hydrogen-bond acceptors (Lipinski definition) is 9. The lowest BCUT2D eigenvalue weighted by atomic mass is 10.2. The monoisotopic (exact) mass is 552 g/mol. The summed E-state index contributed by atoms with van der Waals surface area (Å²) in [6, 6.07) is 6.96. The summed E-state index contributed by atoms with van der Waals surface area (Å²) in [5.74, 6) is 1.01. The highest BCUT2D eigenvalue weighted by Crippen LogP contribution is 2.31. The smallest absolute Gasteiger partial charge is 0.281 e. The van der Waals surface area contributed by atoms with E-state index in [1.807, 2.05) is 26.0 Å². The number of pyridine rings is 2. The zero-order valence-corrected chi connectivity index (χ0v) is 23.3. The largest absolute Gasteiger partial charge is 0.477 e. The first-order valence-corrected chi connectivity index (χ1v) is 14.5. The van der Waals surface area contributed by atoms with Crippen molar-refractivity contribution in [3.8, 4) is 23.1 Å². The van der Waals surface area contributed by atoms with Crippen LogP contribution >= 0.6 is 0 Å². The minimum absolute atomic E-state index is 0.0279. The molecule has 0 spiro atoms. The first-order valence-electron chi connectivity index (χ1n) is 13.1. The molecule has 0 aromatic carbocycles. The second-order valence-corrected chi connectivity index (χ2v) is 11.1. The van der Waals surface area contributed by atoms with Crippen molar-refractivity contribution in [1.29, 1.82) is 0 Å². The molecule has 0 unspecified atom stereocenters. The zero-order valence-electron chi connectivity index (χ0n) is 22.5. The second-order valence-electron chi connectivity index (χ2n) is 9.19. The fourth-order valence-electron chi connectivity index (χ4n) is 4.79. The van der Waals surface area contributed by atoms with Crippen LogP contribution in [0, 0.1) is 0 Å². The van der Waals surface area contributed by atoms with Crippen LogP contribution in [0.5, 0.6) is 5.88 Å². The van der Waals surface area contributed by atoms with Crippen molar-refractivity contribution in [1.82, 2.24) is 38.5 Å². The van der Waals surface area contributed by atoms with Gasteiger partial charge in [-0.3, -0.25) is 9.36 Å². The van der Waals surface area contributed by atoms with E-state index in [4.69, 9.17) is 9.72 Å². The molecule has 0 aliphatic carbocycles. The molecule has 206 valence electrons. The number of aryl methyl sites for hydroxylation is 1. The third-order valence-corrected chi connectivity index (χ3v) is 8.83. The lowest BCUT2D eigenvalue weighted by molar-refractivity contribution is 0.196. The summed E-state index contributed by atoms with van der Waals surface area (Å²) in [4.78, 5) is 29.3. The first-order chi connectivity index (χ1) is 18.8. The summed E-state index contributed by atoms with van der Waals surface area (Å²) in [6.07, 6.45) is 3.51. The fourth-order valence-corrected chi connectivity index (χ4v) is 6.18. The molecule has 1 saturated heterocycles. The Bertz CT molecular complexity index is 1660. The molecule has 1 fully saturated rings. The molecular weight excluding hydrogens is 520 g/mol. The van der Waals surface area contributed by atoms with E-state index in [9.17, 15) is 13.2 Å². The van der Waals surface area contributed by atoms with Gasteiger partial charge in [0.2, 0.25) is 15.9 Å². The molecule has 1 aliphatic rings. The maximum absolute atomic E-state index is 13.6. The van der Waals surface area contributed by atoms with Crippen LogP contribution in [0.4, 0.5) is 0 Å². The summed E-state index contributed by atoms with van der Waals surface area (Å²) in [7, 11) is -2.24. The number of nitrogens with zero attached hydrogens (tertiary/aromatic N) is 8. The van der Waals surface area contributed by atoms with E-state index in [0.29, 0.717) is 61.8 Å². The molecule has 0 amide bonds. The Hall–Kier alpha value is -3.68. The minimum atomic E-state index is -3.82. The SMILES string of the molecule is CCOc1ncc(S(=O)(=O)N2CCN(CC)CC2)cc1-c1nc2c(CC)n(-c3ccccn3)nc2c(=O)n1C. The second kappa shape index (κ2) is 10.8. The van der Waals surface area contributed by atoms with Crippen molar-refractivity contribution in [3.05, 3.63) is 52.7 Å². The molecule has 12 nitrogen and oxygen atoms in total. The Balaban J connectivity index is 1.67. The highest BCUT2D eigenvalue weighted by molar-refractivity contribution is 7.89. The average molecular weight is 553 g/mol. The number of hydrogen-bond donors (Lipinski definition) is 0. The summed E-state index contributed by atoms with van der Waals surface area (Å²) < 4.78 is 37.4. The van der Waals surface area contributed by atoms with Gasteiger partial charge in [-0.1, -0.05) is 19.9 Å². The van der Waals surface area contributed by atoms with E-state index in [0.717, 1.165) is 6.54 Å². The van der Waals surface area contributed by atoms with Crippen LogP contribution in [-0.2, 0) is 23.5 Å². The van der Waals surface area contributed by atoms with Gasteiger partial charge in [0, 0.05) is 39.4 Å². The van der Waals surface area contributed by atoms with Gasteiger partial charge in [-0.05, 0) is 38.1 Å². The summed E-state index contributed by atoms with van der Waals surface area (Å²) in [5.41, 5.74) is 1.29. The highest BCUT2D eigenvalue weighted by Gasteiger charge is 2.30. The molecule has 5 rings (SSSR count). The number of piperazine rings is 1. The molecule has 4 aromatic rings. The van der Waals surface area contributed by atoms with E-state index in [1.165, 1.54) is 21.1 Å². The van der Waals surface area contributed by atoms with Crippen LogP contribution in [0.3, 0.4) is 0 Å². The molecule has 5 heterocycles. The number of sulfonamides is 1. The maximum Gasteiger partial charge on any atom is 0.281 e. The van der Waals surface area contributed by atoms with Crippen LogP contribution in [0.15, 0.2) is 46.3 Å². The molecular formula is C26H32N8O4S. The molecule has 0 atom stereocenters. The lowest BCUT2D eigenvalue weighted by Crippen LogP contribution is -2.48. The van der Waals surface area contributed by atoms with Gasteiger partial charge in [0.25, 0.3) is 5.56 Å². The van der Waals surface area contributed by atoms with Crippen LogP contribution < -0.4 is 10.3 Å². The van der Waals surface area contributed by atoms with E-state index in [-0.39, 0.29) is 27.7 Å². The number of likely N-dealkylation sites (N-methyl/N-ethyl adjacent to an activating group) is 1. The summed E-state index contributed by atoms with van der Waals surface area (Å²) in [5, 5.41) is 4.54. The van der Waals surface area contributed by atoms with Gasteiger partial charge in [-0.15, -0.1) is 0 Å². The van der Waals surface area contributed by atoms with Crippen LogP contribution in [-0.4, -0.2) is 86.3 Å². The van der Waals surface area contributed by atoms with Crippen molar-refractivity contribution in [2.24, 2.45) is 7.05 Å². The Morgan fingerprint density at radius 1 is 1.03 bits per heavy atom.